The van der Waals surface area contributed by atoms with Gasteiger partial charge in [-0.2, -0.15) is 0 Å². The van der Waals surface area contributed by atoms with E-state index in [9.17, 15) is 9.59 Å². The number of hydrogen-bond acceptors (Lipinski definition) is 5. The Bertz CT molecular complexity index is 815. The molecular formula is C24H31N3O3. The van der Waals surface area contributed by atoms with E-state index in [1.807, 2.05) is 61.5 Å². The summed E-state index contributed by atoms with van der Waals surface area (Å²) >= 11 is 0. The van der Waals surface area contributed by atoms with E-state index in [2.05, 4.69) is 22.0 Å². The van der Waals surface area contributed by atoms with Gasteiger partial charge in [0.05, 0.1) is 5.92 Å². The molecule has 6 heteroatoms. The molecule has 0 radical (unpaired) electrons. The maximum atomic E-state index is 12.4. The van der Waals surface area contributed by atoms with Crippen LogP contribution in [-0.2, 0) is 14.3 Å². The molecule has 0 saturated carbocycles. The van der Waals surface area contributed by atoms with E-state index in [-0.39, 0.29) is 24.4 Å². The van der Waals surface area contributed by atoms with E-state index in [1.165, 1.54) is 0 Å². The van der Waals surface area contributed by atoms with Crippen LogP contribution in [0.15, 0.2) is 54.6 Å². The SMILES string of the molecule is CCC(C(=O)OCC(=O)Nc1ccc(N2CCN(CC)CC2)cc1)c1ccccc1. The number of amides is 1. The molecule has 1 atom stereocenters. The first-order valence-electron chi connectivity index (χ1n) is 10.7. The molecule has 0 bridgehead atoms. The first-order chi connectivity index (χ1) is 14.6. The fourth-order valence-electron chi connectivity index (χ4n) is 3.74. The van der Waals surface area contributed by atoms with Crippen molar-refractivity contribution in [1.29, 1.82) is 0 Å². The van der Waals surface area contributed by atoms with E-state index in [1.54, 1.807) is 0 Å². The van der Waals surface area contributed by atoms with Gasteiger partial charge in [-0.25, -0.2) is 0 Å². The molecule has 0 aliphatic carbocycles. The van der Waals surface area contributed by atoms with E-state index in [0.717, 1.165) is 44.0 Å². The largest absolute Gasteiger partial charge is 0.455 e. The van der Waals surface area contributed by atoms with Crippen molar-refractivity contribution < 1.29 is 14.3 Å². The predicted molar refractivity (Wildman–Crippen MR) is 120 cm³/mol. The summed E-state index contributed by atoms with van der Waals surface area (Å²) in [4.78, 5) is 29.4. The lowest BCUT2D eigenvalue weighted by molar-refractivity contribution is -0.149. The van der Waals surface area contributed by atoms with Crippen LogP contribution >= 0.6 is 0 Å². The Morgan fingerprint density at radius 1 is 0.967 bits per heavy atom. The summed E-state index contributed by atoms with van der Waals surface area (Å²) in [6, 6.07) is 17.3. The van der Waals surface area contributed by atoms with Crippen LogP contribution in [0.2, 0.25) is 0 Å². The molecule has 1 fully saturated rings. The number of carbonyl (C=O) groups is 2. The Labute approximate surface area is 178 Å². The lowest BCUT2D eigenvalue weighted by atomic mass is 9.97. The van der Waals surface area contributed by atoms with Gasteiger partial charge in [0.15, 0.2) is 6.61 Å². The highest BCUT2D eigenvalue weighted by Gasteiger charge is 2.21. The maximum absolute atomic E-state index is 12.4. The molecule has 30 heavy (non-hydrogen) atoms. The van der Waals surface area contributed by atoms with Crippen LogP contribution in [0.5, 0.6) is 0 Å². The minimum atomic E-state index is -0.375. The molecule has 0 spiro atoms. The van der Waals surface area contributed by atoms with E-state index in [4.69, 9.17) is 4.74 Å². The first kappa shape index (κ1) is 21.8. The van der Waals surface area contributed by atoms with Crippen molar-refractivity contribution in [2.75, 3.05) is 49.5 Å². The highest BCUT2D eigenvalue weighted by molar-refractivity contribution is 5.93. The molecule has 1 N–H and O–H groups in total. The number of esters is 1. The highest BCUT2D eigenvalue weighted by Crippen LogP contribution is 2.21. The van der Waals surface area contributed by atoms with Gasteiger partial charge < -0.3 is 19.9 Å². The van der Waals surface area contributed by atoms with Crippen LogP contribution in [0, 0.1) is 0 Å². The molecular weight excluding hydrogens is 378 g/mol. The van der Waals surface area contributed by atoms with Crippen LogP contribution in [0.4, 0.5) is 11.4 Å². The van der Waals surface area contributed by atoms with Crippen molar-refractivity contribution >= 4 is 23.3 Å². The zero-order valence-corrected chi connectivity index (χ0v) is 17.8. The second kappa shape index (κ2) is 10.8. The Balaban J connectivity index is 1.47. The third-order valence-electron chi connectivity index (χ3n) is 5.58. The molecule has 160 valence electrons. The zero-order chi connectivity index (χ0) is 21.3. The monoisotopic (exact) mass is 409 g/mol. The summed E-state index contributed by atoms with van der Waals surface area (Å²) in [5, 5.41) is 2.80. The molecule has 3 rings (SSSR count). The van der Waals surface area contributed by atoms with E-state index in [0.29, 0.717) is 12.1 Å². The van der Waals surface area contributed by atoms with Gasteiger partial charge in [-0.1, -0.05) is 44.2 Å². The van der Waals surface area contributed by atoms with Crippen molar-refractivity contribution in [3.05, 3.63) is 60.2 Å². The fraction of sp³-hybridized carbons (Fsp3) is 0.417. The summed E-state index contributed by atoms with van der Waals surface area (Å²) in [6.07, 6.45) is 0.623. The number of anilines is 2. The minimum absolute atomic E-state index is 0.289. The molecule has 1 saturated heterocycles. The van der Waals surface area contributed by atoms with Crippen molar-refractivity contribution in [1.82, 2.24) is 4.90 Å². The Kier molecular flexibility index (Phi) is 7.85. The van der Waals surface area contributed by atoms with Gasteiger partial charge >= 0.3 is 5.97 Å². The summed E-state index contributed by atoms with van der Waals surface area (Å²) < 4.78 is 5.26. The first-order valence-corrected chi connectivity index (χ1v) is 10.7. The smallest absolute Gasteiger partial charge is 0.313 e. The zero-order valence-electron chi connectivity index (χ0n) is 17.8. The summed E-state index contributed by atoms with van der Waals surface area (Å²) in [6.45, 7) is 9.09. The number of nitrogens with one attached hydrogen (secondary N) is 1. The normalized spacial score (nSPS) is 15.5. The second-order valence-electron chi connectivity index (χ2n) is 7.50. The number of likely N-dealkylation sites (N-methyl/N-ethyl adjacent to an activating group) is 1. The Hall–Kier alpha value is -2.86. The number of piperazine rings is 1. The van der Waals surface area contributed by atoms with Gasteiger partial charge in [-0.05, 0) is 42.8 Å². The minimum Gasteiger partial charge on any atom is -0.455 e. The fourth-order valence-corrected chi connectivity index (χ4v) is 3.74. The quantitative estimate of drug-likeness (QED) is 0.676. The number of carbonyl (C=O) groups excluding carboxylic acids is 2. The number of hydrogen-bond donors (Lipinski definition) is 1. The molecule has 1 amide bonds. The Morgan fingerprint density at radius 2 is 1.63 bits per heavy atom. The molecule has 1 aliphatic heterocycles. The van der Waals surface area contributed by atoms with Crippen molar-refractivity contribution in [2.45, 2.75) is 26.2 Å². The lowest BCUT2D eigenvalue weighted by Crippen LogP contribution is -2.46. The van der Waals surface area contributed by atoms with Gasteiger partial charge in [-0.15, -0.1) is 0 Å². The van der Waals surface area contributed by atoms with Gasteiger partial charge in [0.1, 0.15) is 0 Å². The van der Waals surface area contributed by atoms with Gasteiger partial charge in [-0.3, -0.25) is 9.59 Å². The molecule has 2 aromatic rings. The third-order valence-corrected chi connectivity index (χ3v) is 5.58. The van der Waals surface area contributed by atoms with E-state index < -0.39 is 0 Å². The van der Waals surface area contributed by atoms with Crippen molar-refractivity contribution in [3.63, 3.8) is 0 Å². The molecule has 1 aliphatic rings. The lowest BCUT2D eigenvalue weighted by Gasteiger charge is -2.35. The topological polar surface area (TPSA) is 61.9 Å². The predicted octanol–water partition coefficient (Wildman–Crippen LogP) is 3.50. The number of benzene rings is 2. The average Bonchev–Trinajstić information content (AvgIpc) is 2.79. The van der Waals surface area contributed by atoms with Gasteiger partial charge in [0, 0.05) is 37.6 Å². The maximum Gasteiger partial charge on any atom is 0.313 e. The number of rotatable bonds is 8. The second-order valence-corrected chi connectivity index (χ2v) is 7.50. The van der Waals surface area contributed by atoms with Crippen LogP contribution in [0.3, 0.4) is 0 Å². The number of nitrogens with zero attached hydrogens (tertiary/aromatic N) is 2. The molecule has 2 aromatic carbocycles. The van der Waals surface area contributed by atoms with Crippen LogP contribution < -0.4 is 10.2 Å². The summed E-state index contributed by atoms with van der Waals surface area (Å²) in [5.74, 6) is -1.07. The van der Waals surface area contributed by atoms with Gasteiger partial charge in [0.2, 0.25) is 0 Å². The number of ether oxygens (including phenoxy) is 1. The highest BCUT2D eigenvalue weighted by atomic mass is 16.5. The molecule has 1 heterocycles. The van der Waals surface area contributed by atoms with Gasteiger partial charge in [0.25, 0.3) is 5.91 Å². The standard InChI is InChI=1S/C24H31N3O3/c1-3-22(19-8-6-5-7-9-19)24(29)30-18-23(28)25-20-10-12-21(13-11-20)27-16-14-26(4-2)15-17-27/h5-13,22H,3-4,14-18H2,1-2H3,(H,25,28). The van der Waals surface area contributed by atoms with Crippen LogP contribution in [-0.4, -0.2) is 56.1 Å². The molecule has 0 aromatic heterocycles. The van der Waals surface area contributed by atoms with Crippen LogP contribution in [0.25, 0.3) is 0 Å². The summed E-state index contributed by atoms with van der Waals surface area (Å²) in [7, 11) is 0. The van der Waals surface area contributed by atoms with Crippen molar-refractivity contribution in [2.24, 2.45) is 0 Å². The van der Waals surface area contributed by atoms with Crippen molar-refractivity contribution in [3.8, 4) is 0 Å². The molecule has 1 unspecified atom stereocenters. The van der Waals surface area contributed by atoms with Crippen LogP contribution in [0.1, 0.15) is 31.7 Å². The Morgan fingerprint density at radius 3 is 2.23 bits per heavy atom. The molecule has 6 nitrogen and oxygen atoms in total. The van der Waals surface area contributed by atoms with E-state index >= 15 is 0 Å². The average molecular weight is 410 g/mol. The summed E-state index contributed by atoms with van der Waals surface area (Å²) in [5.41, 5.74) is 2.76. The third kappa shape index (κ3) is 5.83.